The van der Waals surface area contributed by atoms with Gasteiger partial charge in [-0.2, -0.15) is 5.26 Å². The van der Waals surface area contributed by atoms with Crippen LogP contribution in [0, 0.1) is 18.3 Å². The summed E-state index contributed by atoms with van der Waals surface area (Å²) in [6.07, 6.45) is 3.07. The molecular weight excluding hydrogens is 400 g/mol. The quantitative estimate of drug-likeness (QED) is 0.631. The molecule has 0 amide bonds. The van der Waals surface area contributed by atoms with E-state index < -0.39 is 15.4 Å². The zero-order valence-electron chi connectivity index (χ0n) is 16.9. The molecule has 0 aliphatic heterocycles. The zero-order chi connectivity index (χ0) is 21.5. The Hall–Kier alpha value is -3.11. The van der Waals surface area contributed by atoms with Gasteiger partial charge in [0.25, 0.3) is 10.0 Å². The topological polar surface area (TPSA) is 89.2 Å². The maximum atomic E-state index is 13.4. The highest BCUT2D eigenvalue weighted by Crippen LogP contribution is 2.43. The maximum absolute atomic E-state index is 13.4. The minimum absolute atomic E-state index is 0.158. The molecule has 0 atom stereocenters. The lowest BCUT2D eigenvalue weighted by Gasteiger charge is -2.31. The van der Waals surface area contributed by atoms with Crippen LogP contribution in [0.2, 0.25) is 0 Å². The zero-order valence-corrected chi connectivity index (χ0v) is 17.7. The molecule has 1 aromatic heterocycles. The fourth-order valence-corrected chi connectivity index (χ4v) is 5.56. The van der Waals surface area contributed by atoms with Crippen molar-refractivity contribution in [1.29, 1.82) is 5.26 Å². The van der Waals surface area contributed by atoms with Crippen LogP contribution >= 0.6 is 0 Å². The van der Waals surface area contributed by atoms with E-state index in [9.17, 15) is 18.5 Å². The van der Waals surface area contributed by atoms with Gasteiger partial charge >= 0.3 is 0 Å². The number of Topliss-reactive ketones (excluding diaryl/α,β-unsaturated/α-hetero) is 1. The molecule has 0 radical (unpaired) electrons. The fourth-order valence-electron chi connectivity index (χ4n) is 4.20. The van der Waals surface area contributed by atoms with Gasteiger partial charge in [-0.1, -0.05) is 23.8 Å². The molecule has 2 aromatic carbocycles. The summed E-state index contributed by atoms with van der Waals surface area (Å²) in [6.45, 7) is 1.90. The molecule has 1 saturated carbocycles. The third-order valence-electron chi connectivity index (χ3n) is 5.97. The fraction of sp³-hybridized carbons (Fsp3) is 0.304. The van der Waals surface area contributed by atoms with Crippen molar-refractivity contribution in [3.63, 3.8) is 0 Å². The van der Waals surface area contributed by atoms with Crippen molar-refractivity contribution in [3.8, 4) is 11.8 Å². The molecule has 1 aliphatic carbocycles. The van der Waals surface area contributed by atoms with Crippen LogP contribution in [0.15, 0.2) is 53.6 Å². The summed E-state index contributed by atoms with van der Waals surface area (Å²) in [5.41, 5.74) is 1.29. The van der Waals surface area contributed by atoms with E-state index in [2.05, 4.69) is 6.07 Å². The summed E-state index contributed by atoms with van der Waals surface area (Å²) < 4.78 is 33.4. The maximum Gasteiger partial charge on any atom is 0.268 e. The van der Waals surface area contributed by atoms with Gasteiger partial charge in [-0.05, 0) is 49.6 Å². The molecule has 30 heavy (non-hydrogen) atoms. The molecule has 1 fully saturated rings. The highest BCUT2D eigenvalue weighted by atomic mass is 32.2. The van der Waals surface area contributed by atoms with E-state index in [-0.39, 0.29) is 10.7 Å². The number of fused-ring (bicyclic) bond motifs is 1. The highest BCUT2D eigenvalue weighted by molar-refractivity contribution is 7.90. The number of benzene rings is 2. The molecule has 154 valence electrons. The summed E-state index contributed by atoms with van der Waals surface area (Å²) >= 11 is 0. The number of methoxy groups -OCH3 is 1. The number of nitrogens with zero attached hydrogens (tertiary/aromatic N) is 2. The number of carbonyl (C=O) groups is 1. The second-order valence-corrected chi connectivity index (χ2v) is 9.55. The van der Waals surface area contributed by atoms with Crippen LogP contribution in [0.1, 0.15) is 36.8 Å². The second kappa shape index (κ2) is 7.29. The molecule has 1 aliphatic rings. The number of hydrogen-bond acceptors (Lipinski definition) is 5. The van der Waals surface area contributed by atoms with Crippen LogP contribution < -0.4 is 4.74 Å². The van der Waals surface area contributed by atoms with Crippen molar-refractivity contribution in [2.75, 3.05) is 7.11 Å². The summed E-state index contributed by atoms with van der Waals surface area (Å²) in [7, 11) is -2.37. The Kier molecular flexibility index (Phi) is 4.91. The molecule has 3 aromatic rings. The van der Waals surface area contributed by atoms with Crippen LogP contribution in [0.3, 0.4) is 0 Å². The van der Waals surface area contributed by atoms with Crippen LogP contribution in [0.5, 0.6) is 5.75 Å². The lowest BCUT2D eigenvalue weighted by Crippen LogP contribution is -2.30. The van der Waals surface area contributed by atoms with Crippen LogP contribution in [-0.4, -0.2) is 25.3 Å². The lowest BCUT2D eigenvalue weighted by atomic mass is 9.69. The molecule has 0 saturated heterocycles. The molecule has 1 heterocycles. The van der Waals surface area contributed by atoms with Gasteiger partial charge in [-0.25, -0.2) is 12.4 Å². The lowest BCUT2D eigenvalue weighted by molar-refractivity contribution is -0.120. The van der Waals surface area contributed by atoms with E-state index in [1.54, 1.807) is 36.4 Å². The van der Waals surface area contributed by atoms with Crippen LogP contribution in [0.25, 0.3) is 10.9 Å². The monoisotopic (exact) mass is 422 g/mol. The third-order valence-corrected chi connectivity index (χ3v) is 7.66. The van der Waals surface area contributed by atoms with E-state index in [4.69, 9.17) is 4.74 Å². The number of carbonyl (C=O) groups excluding carboxylic acids is 1. The Morgan fingerprint density at radius 3 is 2.33 bits per heavy atom. The molecule has 6 nitrogen and oxygen atoms in total. The first kappa shape index (κ1) is 20.2. The molecule has 7 heteroatoms. The second-order valence-electron chi connectivity index (χ2n) is 7.74. The highest BCUT2D eigenvalue weighted by Gasteiger charge is 2.39. The Morgan fingerprint density at radius 1 is 1.07 bits per heavy atom. The Bertz CT molecular complexity index is 1270. The predicted octanol–water partition coefficient (Wildman–Crippen LogP) is 4.10. The van der Waals surface area contributed by atoms with Crippen LogP contribution in [0.4, 0.5) is 0 Å². The van der Waals surface area contributed by atoms with Gasteiger partial charge in [0.15, 0.2) is 0 Å². The Morgan fingerprint density at radius 2 is 1.73 bits per heavy atom. The number of ether oxygens (including phenoxy) is 1. The van der Waals surface area contributed by atoms with Crippen LogP contribution in [-0.2, 0) is 20.2 Å². The number of rotatable bonds is 4. The third kappa shape index (κ3) is 3.08. The first-order valence-electron chi connectivity index (χ1n) is 9.76. The smallest absolute Gasteiger partial charge is 0.268 e. The summed E-state index contributed by atoms with van der Waals surface area (Å²) in [6, 6.07) is 14.3. The minimum atomic E-state index is -3.85. The summed E-state index contributed by atoms with van der Waals surface area (Å²) in [4.78, 5) is 11.9. The number of aromatic nitrogens is 1. The number of aryl methyl sites for hydroxylation is 1. The standard InChI is InChI=1S/C23H22N2O4S/c1-16-3-5-18(6-4-16)30(27,28)25-14-11-19-20(7-8-21(29-2)22(19)25)23(15-24)12-9-17(26)10-13-23/h3-8,11,14H,9-10,12-13H2,1-2H3. The van der Waals surface area contributed by atoms with Gasteiger partial charge in [-0.3, -0.25) is 4.79 Å². The van der Waals surface area contributed by atoms with Crippen molar-refractivity contribution in [3.05, 3.63) is 59.8 Å². The number of nitriles is 1. The van der Waals surface area contributed by atoms with Crippen molar-refractivity contribution in [1.82, 2.24) is 3.97 Å². The van der Waals surface area contributed by atoms with E-state index in [0.29, 0.717) is 42.3 Å². The SMILES string of the molecule is COc1ccc(C2(C#N)CCC(=O)CC2)c2ccn(S(=O)(=O)c3ccc(C)cc3)c12. The largest absolute Gasteiger partial charge is 0.495 e. The summed E-state index contributed by atoms with van der Waals surface area (Å²) in [5, 5.41) is 10.7. The van der Waals surface area contributed by atoms with E-state index in [1.165, 1.54) is 17.3 Å². The first-order valence-corrected chi connectivity index (χ1v) is 11.2. The van der Waals surface area contributed by atoms with Gasteiger partial charge < -0.3 is 4.74 Å². The predicted molar refractivity (Wildman–Crippen MR) is 113 cm³/mol. The molecule has 0 spiro atoms. The Labute approximate surface area is 175 Å². The number of hydrogen-bond donors (Lipinski definition) is 0. The average molecular weight is 423 g/mol. The van der Waals surface area contributed by atoms with Crippen molar-refractivity contribution >= 4 is 26.7 Å². The summed E-state index contributed by atoms with van der Waals surface area (Å²) in [5.74, 6) is 0.569. The van der Waals surface area contributed by atoms with Crippen molar-refractivity contribution < 1.29 is 17.9 Å². The normalized spacial score (nSPS) is 16.4. The van der Waals surface area contributed by atoms with Gasteiger partial charge in [0.1, 0.15) is 17.0 Å². The average Bonchev–Trinajstić information content (AvgIpc) is 3.20. The molecular formula is C23H22N2O4S. The van der Waals surface area contributed by atoms with Crippen molar-refractivity contribution in [2.45, 2.75) is 42.9 Å². The van der Waals surface area contributed by atoms with E-state index in [1.807, 2.05) is 13.0 Å². The van der Waals surface area contributed by atoms with Crippen molar-refractivity contribution in [2.24, 2.45) is 0 Å². The molecule has 0 unspecified atom stereocenters. The van der Waals surface area contributed by atoms with Gasteiger partial charge in [0.2, 0.25) is 0 Å². The minimum Gasteiger partial charge on any atom is -0.495 e. The first-order chi connectivity index (χ1) is 14.3. The Balaban J connectivity index is 1.95. The van der Waals surface area contributed by atoms with E-state index in [0.717, 1.165) is 11.1 Å². The molecule has 0 N–H and O–H groups in total. The van der Waals surface area contributed by atoms with Gasteiger partial charge in [0.05, 0.1) is 23.5 Å². The molecule has 4 rings (SSSR count). The van der Waals surface area contributed by atoms with Gasteiger partial charge in [-0.15, -0.1) is 0 Å². The van der Waals surface area contributed by atoms with E-state index >= 15 is 0 Å². The molecule has 0 bridgehead atoms. The number of ketones is 1. The van der Waals surface area contributed by atoms with Gasteiger partial charge in [0, 0.05) is 24.4 Å².